The molecule has 2 saturated carbocycles. The molecule has 3 atom stereocenters. The van der Waals surface area contributed by atoms with Crippen LogP contribution in [0, 0.1) is 22.0 Å². The molecule has 0 N–H and O–H groups in total. The van der Waals surface area contributed by atoms with Crippen LogP contribution in [0.2, 0.25) is 0 Å². The molecule has 3 aliphatic rings. The van der Waals surface area contributed by atoms with E-state index < -0.39 is 0 Å². The van der Waals surface area contributed by atoms with Crippen molar-refractivity contribution in [1.29, 1.82) is 0 Å². The molecule has 0 aromatic heterocycles. The van der Waals surface area contributed by atoms with Crippen molar-refractivity contribution in [3.05, 3.63) is 34.4 Å². The highest BCUT2D eigenvalue weighted by Gasteiger charge is 2.42. The SMILES string of the molecule is O=[N+]([O-])c1ccc(N2CCN([C@@H]3C[C@@H]4CC[C@@H]3C4)CC2)cc1. The normalized spacial score (nSPS) is 31.6. The number of nitro groups is 1. The number of nitro benzene ring substituents is 1. The van der Waals surface area contributed by atoms with Crippen LogP contribution in [0.1, 0.15) is 25.7 Å². The number of non-ortho nitro benzene ring substituents is 1. The van der Waals surface area contributed by atoms with Gasteiger partial charge in [-0.25, -0.2) is 0 Å². The fourth-order valence-corrected chi connectivity index (χ4v) is 4.76. The average molecular weight is 301 g/mol. The van der Waals surface area contributed by atoms with Gasteiger partial charge in [-0.15, -0.1) is 0 Å². The highest BCUT2D eigenvalue weighted by atomic mass is 16.6. The van der Waals surface area contributed by atoms with Crippen LogP contribution >= 0.6 is 0 Å². The first-order valence-corrected chi connectivity index (χ1v) is 8.44. The highest BCUT2D eigenvalue weighted by Crippen LogP contribution is 2.46. The van der Waals surface area contributed by atoms with Gasteiger partial charge in [-0.2, -0.15) is 0 Å². The number of hydrogen-bond donors (Lipinski definition) is 0. The number of hydrogen-bond acceptors (Lipinski definition) is 4. The molecule has 5 heteroatoms. The van der Waals surface area contributed by atoms with Crippen LogP contribution in [0.5, 0.6) is 0 Å². The molecule has 1 aliphatic heterocycles. The predicted octanol–water partition coefficient (Wildman–Crippen LogP) is 2.91. The second-order valence-electron chi connectivity index (χ2n) is 7.04. The Kier molecular flexibility index (Phi) is 3.53. The lowest BCUT2D eigenvalue weighted by Gasteiger charge is -2.41. The summed E-state index contributed by atoms with van der Waals surface area (Å²) in [5.74, 6) is 1.96. The molecule has 3 fully saturated rings. The zero-order valence-corrected chi connectivity index (χ0v) is 12.9. The van der Waals surface area contributed by atoms with Crippen LogP contribution < -0.4 is 4.90 Å². The van der Waals surface area contributed by atoms with E-state index in [1.165, 1.54) is 25.7 Å². The standard InChI is InChI=1S/C17H23N3O2/c21-20(22)16-5-3-15(4-6-16)18-7-9-19(10-8-18)17-12-13-1-2-14(17)11-13/h3-6,13-14,17H,1-2,7-12H2/t13-,14-,17-/m1/s1. The van der Waals surface area contributed by atoms with Crippen molar-refractivity contribution in [3.63, 3.8) is 0 Å². The Morgan fingerprint density at radius 1 is 1.00 bits per heavy atom. The van der Waals surface area contributed by atoms with E-state index in [1.54, 1.807) is 12.1 Å². The van der Waals surface area contributed by atoms with Crippen molar-refractivity contribution in [2.75, 3.05) is 31.1 Å². The van der Waals surface area contributed by atoms with Gasteiger partial charge in [0, 0.05) is 50.0 Å². The van der Waals surface area contributed by atoms with Crippen LogP contribution in [0.3, 0.4) is 0 Å². The third-order valence-electron chi connectivity index (χ3n) is 5.91. The summed E-state index contributed by atoms with van der Waals surface area (Å²) < 4.78 is 0. The Balaban J connectivity index is 1.36. The number of fused-ring (bicyclic) bond motifs is 2. The molecule has 0 amide bonds. The van der Waals surface area contributed by atoms with Gasteiger partial charge in [0.2, 0.25) is 0 Å². The zero-order valence-electron chi connectivity index (χ0n) is 12.9. The van der Waals surface area contributed by atoms with Gasteiger partial charge in [0.05, 0.1) is 4.92 Å². The Bertz CT molecular complexity index is 552. The summed E-state index contributed by atoms with van der Waals surface area (Å²) in [6.45, 7) is 4.33. The fourth-order valence-electron chi connectivity index (χ4n) is 4.76. The maximum absolute atomic E-state index is 10.7. The molecule has 1 saturated heterocycles. The number of nitrogens with zero attached hydrogens (tertiary/aromatic N) is 3. The number of piperazine rings is 1. The topological polar surface area (TPSA) is 49.6 Å². The minimum absolute atomic E-state index is 0.171. The van der Waals surface area contributed by atoms with Gasteiger partial charge < -0.3 is 4.90 Å². The molecule has 5 nitrogen and oxygen atoms in total. The molecule has 4 rings (SSSR count). The van der Waals surface area contributed by atoms with E-state index in [0.717, 1.165) is 49.7 Å². The van der Waals surface area contributed by atoms with E-state index in [9.17, 15) is 10.1 Å². The van der Waals surface area contributed by atoms with Gasteiger partial charge >= 0.3 is 0 Å². The Labute approximate surface area is 131 Å². The van der Waals surface area contributed by atoms with Crippen molar-refractivity contribution >= 4 is 11.4 Å². The lowest BCUT2D eigenvalue weighted by Crippen LogP contribution is -2.51. The minimum Gasteiger partial charge on any atom is -0.369 e. The molecule has 0 unspecified atom stereocenters. The molecule has 1 aromatic rings. The predicted molar refractivity (Wildman–Crippen MR) is 86.1 cm³/mol. The summed E-state index contributed by atoms with van der Waals surface area (Å²) in [6.07, 6.45) is 5.79. The van der Waals surface area contributed by atoms with E-state index in [0.29, 0.717) is 0 Å². The molecule has 118 valence electrons. The van der Waals surface area contributed by atoms with Crippen molar-refractivity contribution in [2.45, 2.75) is 31.7 Å². The van der Waals surface area contributed by atoms with Gasteiger partial charge in [-0.05, 0) is 43.2 Å². The Morgan fingerprint density at radius 2 is 1.73 bits per heavy atom. The van der Waals surface area contributed by atoms with E-state index in [4.69, 9.17) is 0 Å². The summed E-state index contributed by atoms with van der Waals surface area (Å²) in [7, 11) is 0. The Morgan fingerprint density at radius 3 is 2.27 bits per heavy atom. The summed E-state index contributed by atoms with van der Waals surface area (Å²) in [6, 6.07) is 7.81. The van der Waals surface area contributed by atoms with Gasteiger partial charge in [-0.3, -0.25) is 15.0 Å². The van der Waals surface area contributed by atoms with Crippen LogP contribution in [0.4, 0.5) is 11.4 Å². The lowest BCUT2D eigenvalue weighted by molar-refractivity contribution is -0.384. The average Bonchev–Trinajstić information content (AvgIpc) is 3.18. The zero-order chi connectivity index (χ0) is 15.1. The number of anilines is 1. The number of rotatable bonds is 3. The van der Waals surface area contributed by atoms with Crippen molar-refractivity contribution < 1.29 is 4.92 Å². The van der Waals surface area contributed by atoms with E-state index in [-0.39, 0.29) is 10.6 Å². The minimum atomic E-state index is -0.336. The van der Waals surface area contributed by atoms with Crippen LogP contribution in [0.15, 0.2) is 24.3 Å². The third-order valence-corrected chi connectivity index (χ3v) is 5.91. The van der Waals surface area contributed by atoms with Gasteiger partial charge in [0.25, 0.3) is 5.69 Å². The maximum Gasteiger partial charge on any atom is 0.269 e. The van der Waals surface area contributed by atoms with E-state index in [2.05, 4.69) is 9.80 Å². The molecule has 0 radical (unpaired) electrons. The molecular formula is C17H23N3O2. The first-order valence-electron chi connectivity index (χ1n) is 8.44. The highest BCUT2D eigenvalue weighted by molar-refractivity contribution is 5.51. The summed E-state index contributed by atoms with van der Waals surface area (Å²) in [5.41, 5.74) is 1.28. The van der Waals surface area contributed by atoms with Crippen molar-refractivity contribution in [3.8, 4) is 0 Å². The van der Waals surface area contributed by atoms with Crippen LogP contribution in [-0.2, 0) is 0 Å². The summed E-state index contributed by atoms with van der Waals surface area (Å²) in [4.78, 5) is 15.4. The Hall–Kier alpha value is -1.62. The van der Waals surface area contributed by atoms with Crippen LogP contribution in [-0.4, -0.2) is 42.0 Å². The quantitative estimate of drug-likeness (QED) is 0.636. The molecule has 2 bridgehead atoms. The van der Waals surface area contributed by atoms with Gasteiger partial charge in [0.15, 0.2) is 0 Å². The van der Waals surface area contributed by atoms with E-state index in [1.807, 2.05) is 12.1 Å². The lowest BCUT2D eigenvalue weighted by atomic mass is 9.93. The maximum atomic E-state index is 10.7. The first-order chi connectivity index (χ1) is 10.7. The van der Waals surface area contributed by atoms with E-state index >= 15 is 0 Å². The first kappa shape index (κ1) is 14.0. The molecule has 22 heavy (non-hydrogen) atoms. The van der Waals surface area contributed by atoms with Gasteiger partial charge in [0.1, 0.15) is 0 Å². The largest absolute Gasteiger partial charge is 0.369 e. The second kappa shape index (κ2) is 5.54. The van der Waals surface area contributed by atoms with Gasteiger partial charge in [-0.1, -0.05) is 6.42 Å². The van der Waals surface area contributed by atoms with Crippen LogP contribution in [0.25, 0.3) is 0 Å². The molecular weight excluding hydrogens is 278 g/mol. The van der Waals surface area contributed by atoms with Crippen molar-refractivity contribution in [1.82, 2.24) is 4.90 Å². The third kappa shape index (κ3) is 2.47. The molecule has 0 spiro atoms. The number of benzene rings is 1. The summed E-state index contributed by atoms with van der Waals surface area (Å²) >= 11 is 0. The van der Waals surface area contributed by atoms with Crippen molar-refractivity contribution in [2.24, 2.45) is 11.8 Å². The monoisotopic (exact) mass is 301 g/mol. The molecule has 1 aromatic carbocycles. The molecule has 1 heterocycles. The summed E-state index contributed by atoms with van der Waals surface area (Å²) in [5, 5.41) is 10.7. The smallest absolute Gasteiger partial charge is 0.269 e. The fraction of sp³-hybridized carbons (Fsp3) is 0.647. The molecule has 2 aliphatic carbocycles. The second-order valence-corrected chi connectivity index (χ2v) is 7.04.